The molecule has 84 valence electrons. The van der Waals surface area contributed by atoms with Crippen LogP contribution >= 0.6 is 0 Å². The molecule has 0 aromatic heterocycles. The lowest BCUT2D eigenvalue weighted by molar-refractivity contribution is 0.00556. The number of ether oxygens (including phenoxy) is 1. The lowest BCUT2D eigenvalue weighted by Crippen LogP contribution is -2.20. The number of nitrogens with one attached hydrogen (secondary N) is 1. The second-order valence-electron chi connectivity index (χ2n) is 3.00. The molecular weight excluding hydrogens is 194 g/mol. The van der Waals surface area contributed by atoms with Crippen molar-refractivity contribution in [3.63, 3.8) is 0 Å². The zero-order chi connectivity index (χ0) is 10.8. The first-order valence-electron chi connectivity index (χ1n) is 5.00. The van der Waals surface area contributed by atoms with E-state index in [1.54, 1.807) is 0 Å². The highest BCUT2D eigenvalue weighted by Gasteiger charge is 1.91. The molecule has 4 heteroatoms. The van der Waals surface area contributed by atoms with Crippen molar-refractivity contribution in [3.8, 4) is 0 Å². The summed E-state index contributed by atoms with van der Waals surface area (Å²) in [4.78, 5) is 5.21. The summed E-state index contributed by atoms with van der Waals surface area (Å²) in [6, 6.07) is 9.93. The number of hydrogen-bond acceptors (Lipinski definition) is 4. The van der Waals surface area contributed by atoms with Crippen molar-refractivity contribution in [2.75, 3.05) is 26.4 Å². The highest BCUT2D eigenvalue weighted by Crippen LogP contribution is 1.98. The first-order chi connectivity index (χ1) is 7.43. The fourth-order valence-electron chi connectivity index (χ4n) is 1.06. The van der Waals surface area contributed by atoms with Crippen molar-refractivity contribution in [3.05, 3.63) is 35.9 Å². The molecule has 0 saturated carbocycles. The monoisotopic (exact) mass is 211 g/mol. The molecule has 0 atom stereocenters. The molecule has 0 amide bonds. The Morgan fingerprint density at radius 3 is 2.67 bits per heavy atom. The predicted octanol–water partition coefficient (Wildman–Crippen LogP) is 0.717. The Labute approximate surface area is 89.8 Å². The molecule has 0 aliphatic carbocycles. The number of aliphatic hydroxyl groups is 1. The lowest BCUT2D eigenvalue weighted by atomic mass is 10.2. The minimum absolute atomic E-state index is 0.0604. The second-order valence-corrected chi connectivity index (χ2v) is 3.00. The van der Waals surface area contributed by atoms with Crippen molar-refractivity contribution in [1.29, 1.82) is 0 Å². The van der Waals surface area contributed by atoms with Gasteiger partial charge in [0.05, 0.1) is 26.4 Å². The largest absolute Gasteiger partial charge is 0.394 e. The average molecular weight is 211 g/mol. The summed E-state index contributed by atoms with van der Waals surface area (Å²) in [5.74, 6) is 0. The van der Waals surface area contributed by atoms with Crippen molar-refractivity contribution in [2.24, 2.45) is 0 Å². The highest BCUT2D eigenvalue weighted by molar-refractivity contribution is 5.13. The third kappa shape index (κ3) is 6.19. The third-order valence-corrected chi connectivity index (χ3v) is 1.77. The van der Waals surface area contributed by atoms with Crippen LogP contribution in [0.1, 0.15) is 5.56 Å². The molecule has 0 aliphatic rings. The topological polar surface area (TPSA) is 50.7 Å². The van der Waals surface area contributed by atoms with Crippen LogP contribution in [0.25, 0.3) is 0 Å². The maximum atomic E-state index is 8.44. The Morgan fingerprint density at radius 1 is 1.13 bits per heavy atom. The Hall–Kier alpha value is -0.940. The van der Waals surface area contributed by atoms with E-state index >= 15 is 0 Å². The summed E-state index contributed by atoms with van der Waals surface area (Å²) in [7, 11) is 0. The number of rotatable bonds is 8. The van der Waals surface area contributed by atoms with Gasteiger partial charge in [-0.1, -0.05) is 30.3 Å². The van der Waals surface area contributed by atoms with Gasteiger partial charge in [-0.05, 0) is 5.56 Å². The highest BCUT2D eigenvalue weighted by atomic mass is 16.6. The van der Waals surface area contributed by atoms with E-state index in [0.717, 1.165) is 5.56 Å². The van der Waals surface area contributed by atoms with E-state index in [0.29, 0.717) is 26.4 Å². The fraction of sp³-hybridized carbons (Fsp3) is 0.455. The van der Waals surface area contributed by atoms with Crippen LogP contribution in [0.3, 0.4) is 0 Å². The standard InChI is InChI=1S/C11H17NO3/c13-7-9-14-8-6-12-15-10-11-4-2-1-3-5-11/h1-5,12-13H,6-10H2. The van der Waals surface area contributed by atoms with Gasteiger partial charge < -0.3 is 9.84 Å². The van der Waals surface area contributed by atoms with Gasteiger partial charge in [0.2, 0.25) is 0 Å². The minimum atomic E-state index is 0.0604. The van der Waals surface area contributed by atoms with Gasteiger partial charge in [0, 0.05) is 6.54 Å². The second kappa shape index (κ2) is 8.38. The van der Waals surface area contributed by atoms with Crippen LogP contribution in [-0.2, 0) is 16.2 Å². The van der Waals surface area contributed by atoms with Crippen LogP contribution in [0.5, 0.6) is 0 Å². The first kappa shape index (κ1) is 12.1. The number of aliphatic hydroxyl groups excluding tert-OH is 1. The van der Waals surface area contributed by atoms with E-state index in [-0.39, 0.29) is 6.61 Å². The number of hydrogen-bond donors (Lipinski definition) is 2. The van der Waals surface area contributed by atoms with E-state index in [2.05, 4.69) is 5.48 Å². The van der Waals surface area contributed by atoms with Gasteiger partial charge in [-0.3, -0.25) is 4.84 Å². The van der Waals surface area contributed by atoms with Crippen LogP contribution in [0.2, 0.25) is 0 Å². The minimum Gasteiger partial charge on any atom is -0.394 e. The molecule has 0 unspecified atom stereocenters. The molecule has 0 aliphatic heterocycles. The van der Waals surface area contributed by atoms with E-state index < -0.39 is 0 Å². The molecule has 15 heavy (non-hydrogen) atoms. The SMILES string of the molecule is OCCOCCNOCc1ccccc1. The average Bonchev–Trinajstić information content (AvgIpc) is 2.29. The molecule has 0 fully saturated rings. The smallest absolute Gasteiger partial charge is 0.0933 e. The van der Waals surface area contributed by atoms with Gasteiger partial charge in [0.15, 0.2) is 0 Å². The molecule has 0 bridgehead atoms. The van der Waals surface area contributed by atoms with Gasteiger partial charge in [-0.2, -0.15) is 5.48 Å². The molecule has 2 N–H and O–H groups in total. The number of hydroxylamine groups is 1. The lowest BCUT2D eigenvalue weighted by Gasteiger charge is -2.06. The molecule has 1 rings (SSSR count). The van der Waals surface area contributed by atoms with E-state index in [4.69, 9.17) is 14.7 Å². The van der Waals surface area contributed by atoms with Crippen LogP contribution in [0.15, 0.2) is 30.3 Å². The van der Waals surface area contributed by atoms with Gasteiger partial charge in [0.1, 0.15) is 0 Å². The normalized spacial score (nSPS) is 10.5. The Balaban J connectivity index is 1.93. The summed E-state index contributed by atoms with van der Waals surface area (Å²) >= 11 is 0. The molecule has 0 heterocycles. The maximum absolute atomic E-state index is 8.44. The van der Waals surface area contributed by atoms with Gasteiger partial charge >= 0.3 is 0 Å². The van der Waals surface area contributed by atoms with E-state index in [1.807, 2.05) is 30.3 Å². The Kier molecular flexibility index (Phi) is 6.77. The van der Waals surface area contributed by atoms with Crippen LogP contribution in [0.4, 0.5) is 0 Å². The van der Waals surface area contributed by atoms with Gasteiger partial charge in [-0.25, -0.2) is 0 Å². The summed E-state index contributed by atoms with van der Waals surface area (Å²) in [5, 5.41) is 8.44. The maximum Gasteiger partial charge on any atom is 0.0933 e. The molecular formula is C11H17NO3. The summed E-state index contributed by atoms with van der Waals surface area (Å²) in [6.45, 7) is 2.13. The van der Waals surface area contributed by atoms with Crippen LogP contribution < -0.4 is 5.48 Å². The van der Waals surface area contributed by atoms with E-state index in [9.17, 15) is 0 Å². The summed E-state index contributed by atoms with van der Waals surface area (Å²) in [5.41, 5.74) is 3.91. The van der Waals surface area contributed by atoms with Crippen molar-refractivity contribution in [1.82, 2.24) is 5.48 Å². The van der Waals surface area contributed by atoms with Crippen LogP contribution in [-0.4, -0.2) is 31.5 Å². The van der Waals surface area contributed by atoms with Crippen molar-refractivity contribution >= 4 is 0 Å². The molecule has 1 aromatic rings. The zero-order valence-electron chi connectivity index (χ0n) is 8.69. The molecule has 0 saturated heterocycles. The fourth-order valence-corrected chi connectivity index (χ4v) is 1.06. The van der Waals surface area contributed by atoms with E-state index in [1.165, 1.54) is 0 Å². The molecule has 0 radical (unpaired) electrons. The van der Waals surface area contributed by atoms with Gasteiger partial charge in [-0.15, -0.1) is 0 Å². The van der Waals surface area contributed by atoms with Crippen LogP contribution in [0, 0.1) is 0 Å². The summed E-state index contributed by atoms with van der Waals surface area (Å²) < 4.78 is 5.04. The molecule has 0 spiro atoms. The predicted molar refractivity (Wildman–Crippen MR) is 57.1 cm³/mol. The Bertz CT molecular complexity index is 241. The van der Waals surface area contributed by atoms with Crippen molar-refractivity contribution in [2.45, 2.75) is 6.61 Å². The zero-order valence-corrected chi connectivity index (χ0v) is 8.69. The molecule has 1 aromatic carbocycles. The summed E-state index contributed by atoms with van der Waals surface area (Å²) in [6.07, 6.45) is 0. The third-order valence-electron chi connectivity index (χ3n) is 1.77. The quantitative estimate of drug-likeness (QED) is 0.491. The molecule has 4 nitrogen and oxygen atoms in total. The number of benzene rings is 1. The Morgan fingerprint density at radius 2 is 1.93 bits per heavy atom. The first-order valence-corrected chi connectivity index (χ1v) is 5.00. The van der Waals surface area contributed by atoms with Crippen molar-refractivity contribution < 1.29 is 14.7 Å². The van der Waals surface area contributed by atoms with Gasteiger partial charge in [0.25, 0.3) is 0 Å².